The third-order valence-electron chi connectivity index (χ3n) is 4.61. The van der Waals surface area contributed by atoms with E-state index >= 15 is 0 Å². The van der Waals surface area contributed by atoms with E-state index in [9.17, 15) is 9.59 Å². The molecule has 1 saturated carbocycles. The highest BCUT2D eigenvalue weighted by atomic mass is 16.2. The fraction of sp³-hybridized carbons (Fsp3) is 0.625. The maximum atomic E-state index is 12.3. The third kappa shape index (κ3) is 2.65. The zero-order valence-electron chi connectivity index (χ0n) is 12.0. The molecule has 1 atom stereocenters. The second-order valence-corrected chi connectivity index (χ2v) is 6.32. The van der Waals surface area contributed by atoms with Crippen LogP contribution in [0.4, 0.5) is 0 Å². The van der Waals surface area contributed by atoms with E-state index in [2.05, 4.69) is 17.2 Å². The van der Waals surface area contributed by atoms with E-state index in [0.29, 0.717) is 5.92 Å². The van der Waals surface area contributed by atoms with Gasteiger partial charge in [-0.15, -0.1) is 0 Å². The molecule has 0 bridgehead atoms. The zero-order chi connectivity index (χ0) is 14.1. The summed E-state index contributed by atoms with van der Waals surface area (Å²) < 4.78 is 0. The molecule has 2 N–H and O–H groups in total. The van der Waals surface area contributed by atoms with Gasteiger partial charge >= 0.3 is 0 Å². The first kappa shape index (κ1) is 13.4. The van der Waals surface area contributed by atoms with Crippen LogP contribution in [0.5, 0.6) is 0 Å². The molecule has 4 heteroatoms. The summed E-state index contributed by atoms with van der Waals surface area (Å²) in [5.41, 5.74) is 2.20. The quantitative estimate of drug-likeness (QED) is 0.868. The van der Waals surface area contributed by atoms with Crippen molar-refractivity contribution >= 4 is 5.91 Å². The van der Waals surface area contributed by atoms with Gasteiger partial charge in [-0.25, -0.2) is 0 Å². The van der Waals surface area contributed by atoms with Crippen LogP contribution in [0, 0.1) is 5.92 Å². The SMILES string of the molecule is C[C@@H]1CCc2[nH]c(=O)c(C(=O)NC3CCCC3)cc2C1. The van der Waals surface area contributed by atoms with Crippen LogP contribution in [-0.4, -0.2) is 16.9 Å². The molecular formula is C16H22N2O2. The first-order valence-electron chi connectivity index (χ1n) is 7.69. The van der Waals surface area contributed by atoms with E-state index in [1.54, 1.807) is 0 Å². The number of hydrogen-bond donors (Lipinski definition) is 2. The monoisotopic (exact) mass is 274 g/mol. The number of carbonyl (C=O) groups excluding carboxylic acids is 1. The minimum Gasteiger partial charge on any atom is -0.349 e. The predicted octanol–water partition coefficient (Wildman–Crippen LogP) is 2.17. The van der Waals surface area contributed by atoms with Gasteiger partial charge < -0.3 is 10.3 Å². The summed E-state index contributed by atoms with van der Waals surface area (Å²) in [6.45, 7) is 2.21. The lowest BCUT2D eigenvalue weighted by Gasteiger charge is -2.21. The predicted molar refractivity (Wildman–Crippen MR) is 78.0 cm³/mol. The molecule has 0 aliphatic heterocycles. The Hall–Kier alpha value is -1.58. The number of hydrogen-bond acceptors (Lipinski definition) is 2. The number of nitrogens with one attached hydrogen (secondary N) is 2. The Balaban J connectivity index is 1.83. The van der Waals surface area contributed by atoms with Crippen molar-refractivity contribution in [2.24, 2.45) is 5.92 Å². The number of H-pyrrole nitrogens is 1. The van der Waals surface area contributed by atoms with Gasteiger partial charge in [0.2, 0.25) is 0 Å². The Morgan fingerprint density at radius 2 is 2.05 bits per heavy atom. The van der Waals surface area contributed by atoms with Crippen LogP contribution in [-0.2, 0) is 12.8 Å². The lowest BCUT2D eigenvalue weighted by atomic mass is 9.87. The van der Waals surface area contributed by atoms with Crippen molar-refractivity contribution in [3.63, 3.8) is 0 Å². The van der Waals surface area contributed by atoms with Crippen molar-refractivity contribution in [2.75, 3.05) is 0 Å². The Labute approximate surface area is 119 Å². The molecular weight excluding hydrogens is 252 g/mol. The van der Waals surface area contributed by atoms with E-state index in [4.69, 9.17) is 0 Å². The number of fused-ring (bicyclic) bond motifs is 1. The molecule has 2 aliphatic rings. The summed E-state index contributed by atoms with van der Waals surface area (Å²) in [5.74, 6) is 0.415. The number of aromatic nitrogens is 1. The molecule has 1 fully saturated rings. The second kappa shape index (κ2) is 5.43. The molecule has 2 aliphatic carbocycles. The summed E-state index contributed by atoms with van der Waals surface area (Å²) in [4.78, 5) is 27.2. The minimum absolute atomic E-state index is 0.209. The van der Waals surface area contributed by atoms with E-state index in [0.717, 1.165) is 43.4 Å². The molecule has 1 aromatic heterocycles. The number of amides is 1. The first-order valence-corrected chi connectivity index (χ1v) is 7.69. The van der Waals surface area contributed by atoms with Gasteiger partial charge in [0.15, 0.2) is 0 Å². The molecule has 1 heterocycles. The standard InChI is InChI=1S/C16H22N2O2/c1-10-6-7-14-11(8-10)9-13(16(20)18-14)15(19)17-12-4-2-3-5-12/h9-10,12H,2-8H2,1H3,(H,17,19)(H,18,20)/t10-/m1/s1. The average molecular weight is 274 g/mol. The van der Waals surface area contributed by atoms with E-state index < -0.39 is 0 Å². The Morgan fingerprint density at radius 1 is 1.30 bits per heavy atom. The van der Waals surface area contributed by atoms with Gasteiger partial charge in [-0.3, -0.25) is 9.59 Å². The number of pyridine rings is 1. The molecule has 20 heavy (non-hydrogen) atoms. The van der Waals surface area contributed by atoms with Crippen molar-refractivity contribution in [2.45, 2.75) is 57.9 Å². The molecule has 0 saturated heterocycles. The topological polar surface area (TPSA) is 62.0 Å². The van der Waals surface area contributed by atoms with Crippen molar-refractivity contribution in [1.82, 2.24) is 10.3 Å². The van der Waals surface area contributed by atoms with Gasteiger partial charge in [-0.1, -0.05) is 19.8 Å². The molecule has 1 aromatic rings. The summed E-state index contributed by atoms with van der Waals surface area (Å²) >= 11 is 0. The lowest BCUT2D eigenvalue weighted by molar-refractivity contribution is 0.0936. The molecule has 3 rings (SSSR count). The van der Waals surface area contributed by atoms with Gasteiger partial charge in [0.1, 0.15) is 5.56 Å². The summed E-state index contributed by atoms with van der Waals surface area (Å²) in [6.07, 6.45) is 7.38. The van der Waals surface area contributed by atoms with Gasteiger partial charge in [0.05, 0.1) is 0 Å². The van der Waals surface area contributed by atoms with Crippen LogP contribution >= 0.6 is 0 Å². The molecule has 0 spiro atoms. The number of rotatable bonds is 2. The van der Waals surface area contributed by atoms with Gasteiger partial charge in [-0.2, -0.15) is 0 Å². The largest absolute Gasteiger partial charge is 0.349 e. The zero-order valence-corrected chi connectivity index (χ0v) is 12.0. The molecule has 0 unspecified atom stereocenters. The van der Waals surface area contributed by atoms with Crippen LogP contribution < -0.4 is 10.9 Å². The summed E-state index contributed by atoms with van der Waals surface area (Å²) in [6, 6.07) is 2.06. The minimum atomic E-state index is -0.242. The Morgan fingerprint density at radius 3 is 2.80 bits per heavy atom. The molecule has 1 amide bonds. The van der Waals surface area contributed by atoms with Crippen LogP contribution in [0.1, 0.15) is 60.6 Å². The fourth-order valence-corrected chi connectivity index (χ4v) is 3.39. The number of aryl methyl sites for hydroxylation is 1. The van der Waals surface area contributed by atoms with Gasteiger partial charge in [-0.05, 0) is 49.7 Å². The normalized spacial score (nSPS) is 22.6. The average Bonchev–Trinajstić information content (AvgIpc) is 2.91. The van der Waals surface area contributed by atoms with Crippen LogP contribution in [0.25, 0.3) is 0 Å². The summed E-state index contributed by atoms with van der Waals surface area (Å²) in [5, 5.41) is 3.00. The Kier molecular flexibility index (Phi) is 3.64. The maximum absolute atomic E-state index is 12.3. The molecule has 0 radical (unpaired) electrons. The molecule has 4 nitrogen and oxygen atoms in total. The maximum Gasteiger partial charge on any atom is 0.261 e. The summed E-state index contributed by atoms with van der Waals surface area (Å²) in [7, 11) is 0. The van der Waals surface area contributed by atoms with E-state index in [-0.39, 0.29) is 23.1 Å². The first-order chi connectivity index (χ1) is 9.63. The molecule has 0 aromatic carbocycles. The second-order valence-electron chi connectivity index (χ2n) is 6.32. The van der Waals surface area contributed by atoms with E-state index in [1.807, 2.05) is 6.07 Å². The Bertz CT molecular complexity index is 570. The smallest absolute Gasteiger partial charge is 0.261 e. The number of carbonyl (C=O) groups is 1. The van der Waals surface area contributed by atoms with Crippen LogP contribution in [0.15, 0.2) is 10.9 Å². The van der Waals surface area contributed by atoms with Crippen molar-refractivity contribution < 1.29 is 4.79 Å². The van der Waals surface area contributed by atoms with Gasteiger partial charge in [0, 0.05) is 11.7 Å². The highest BCUT2D eigenvalue weighted by Gasteiger charge is 2.22. The molecule has 108 valence electrons. The van der Waals surface area contributed by atoms with Gasteiger partial charge in [0.25, 0.3) is 11.5 Å². The van der Waals surface area contributed by atoms with Crippen molar-refractivity contribution in [1.29, 1.82) is 0 Å². The highest BCUT2D eigenvalue weighted by Crippen LogP contribution is 2.23. The van der Waals surface area contributed by atoms with Crippen molar-refractivity contribution in [3.8, 4) is 0 Å². The van der Waals surface area contributed by atoms with Crippen LogP contribution in [0.3, 0.4) is 0 Å². The van der Waals surface area contributed by atoms with E-state index in [1.165, 1.54) is 12.8 Å². The third-order valence-corrected chi connectivity index (χ3v) is 4.61. The van der Waals surface area contributed by atoms with Crippen LogP contribution in [0.2, 0.25) is 0 Å². The fourth-order valence-electron chi connectivity index (χ4n) is 3.39. The number of aromatic amines is 1. The lowest BCUT2D eigenvalue weighted by Crippen LogP contribution is -2.36. The van der Waals surface area contributed by atoms with Crippen molar-refractivity contribution in [3.05, 3.63) is 33.2 Å². The highest BCUT2D eigenvalue weighted by molar-refractivity contribution is 5.94.